The molecule has 24 heavy (non-hydrogen) atoms. The van der Waals surface area contributed by atoms with E-state index in [1.807, 2.05) is 20.8 Å². The van der Waals surface area contributed by atoms with Crippen LogP contribution in [0.3, 0.4) is 0 Å². The van der Waals surface area contributed by atoms with Crippen LogP contribution in [0.25, 0.3) is 0 Å². The van der Waals surface area contributed by atoms with Gasteiger partial charge >= 0.3 is 6.18 Å². The van der Waals surface area contributed by atoms with Crippen LogP contribution in [0.1, 0.15) is 26.3 Å². The maximum absolute atomic E-state index is 12.7. The van der Waals surface area contributed by atoms with Gasteiger partial charge in [-0.05, 0) is 25.1 Å². The fourth-order valence-corrected chi connectivity index (χ4v) is 4.11. The lowest BCUT2D eigenvalue weighted by atomic mass is 10.2. The smallest absolute Gasteiger partial charge is 0.416 e. The summed E-state index contributed by atoms with van der Waals surface area (Å²) < 4.78 is 57.3. The van der Waals surface area contributed by atoms with Gasteiger partial charge in [-0.3, -0.25) is 0 Å². The van der Waals surface area contributed by atoms with Crippen molar-refractivity contribution in [2.75, 3.05) is 6.61 Å². The fraction of sp³-hybridized carbons (Fsp3) is 0.538. The highest BCUT2D eigenvalue weighted by atomic mass is 31.1. The molecule has 1 N–H and O–H groups in total. The zero-order chi connectivity index (χ0) is 18.0. The average molecular weight is 399 g/mol. The zero-order valence-corrected chi connectivity index (χ0v) is 16.2. The molecule has 2 rings (SSSR count). The summed E-state index contributed by atoms with van der Waals surface area (Å²) in [6.45, 7) is 6.45. The molecular formula is C13H19F3N3O2P3. The predicted molar refractivity (Wildman–Crippen MR) is 92.8 cm³/mol. The normalized spacial score (nSPS) is 22.9. The Morgan fingerprint density at radius 2 is 2.08 bits per heavy atom. The summed E-state index contributed by atoms with van der Waals surface area (Å²) in [6, 6.07) is 4.73. The van der Waals surface area contributed by atoms with Crippen molar-refractivity contribution in [3.05, 3.63) is 29.8 Å². The van der Waals surface area contributed by atoms with Crippen molar-refractivity contribution < 1.29 is 22.6 Å². The highest BCUT2D eigenvalue weighted by Crippen LogP contribution is 2.35. The van der Waals surface area contributed by atoms with Crippen molar-refractivity contribution in [2.45, 2.75) is 38.9 Å². The lowest BCUT2D eigenvalue weighted by molar-refractivity contribution is -0.137. The molecule has 134 valence electrons. The summed E-state index contributed by atoms with van der Waals surface area (Å²) in [5, 5.41) is 3.01. The third-order valence-electron chi connectivity index (χ3n) is 2.40. The van der Waals surface area contributed by atoms with Gasteiger partial charge < -0.3 is 9.47 Å². The molecule has 3 atom stereocenters. The van der Waals surface area contributed by atoms with E-state index in [4.69, 9.17) is 9.47 Å². The van der Waals surface area contributed by atoms with Crippen LogP contribution in [-0.2, 0) is 10.9 Å². The first kappa shape index (κ1) is 21.4. The highest BCUT2D eigenvalue weighted by molar-refractivity contribution is 7.46. The lowest BCUT2D eigenvalue weighted by Gasteiger charge is -2.16. The fourth-order valence-electron chi connectivity index (χ4n) is 1.48. The number of alkyl halides is 3. The van der Waals surface area contributed by atoms with Crippen LogP contribution in [0, 0.1) is 0 Å². The van der Waals surface area contributed by atoms with Crippen molar-refractivity contribution in [1.82, 2.24) is 5.09 Å². The average Bonchev–Trinajstić information content (AvgIpc) is 2.53. The van der Waals surface area contributed by atoms with Gasteiger partial charge in [-0.15, -0.1) is 0 Å². The van der Waals surface area contributed by atoms with Crippen molar-refractivity contribution >= 4 is 25.6 Å². The van der Waals surface area contributed by atoms with Gasteiger partial charge in [0.05, 0.1) is 31.2 Å². The molecule has 0 aromatic heterocycles. The number of nitrogens with zero attached hydrogens (tertiary/aromatic N) is 2. The van der Waals surface area contributed by atoms with Crippen LogP contribution in [0.5, 0.6) is 5.75 Å². The Balaban J connectivity index is 0.00000139. The van der Waals surface area contributed by atoms with E-state index in [-0.39, 0.29) is 20.4 Å². The molecule has 1 aromatic rings. The number of benzene rings is 1. The molecule has 1 aliphatic rings. The van der Waals surface area contributed by atoms with Crippen LogP contribution in [0.4, 0.5) is 13.2 Å². The number of hydrogen-bond donors (Lipinski definition) is 1. The van der Waals surface area contributed by atoms with Gasteiger partial charge in [0, 0.05) is 6.61 Å². The molecule has 1 aromatic carbocycles. The Morgan fingerprint density at radius 1 is 1.33 bits per heavy atom. The summed E-state index contributed by atoms with van der Waals surface area (Å²) in [5.74, 6) is -0.711. The quantitative estimate of drug-likeness (QED) is 0.624. The van der Waals surface area contributed by atoms with Crippen molar-refractivity contribution in [2.24, 2.45) is 9.26 Å². The van der Waals surface area contributed by atoms with Crippen LogP contribution in [0.2, 0.25) is 0 Å². The van der Waals surface area contributed by atoms with E-state index in [1.54, 1.807) is 0 Å². The van der Waals surface area contributed by atoms with E-state index >= 15 is 0 Å². The topological polar surface area (TPSA) is 55.2 Å². The minimum absolute atomic E-state index is 0.117. The molecule has 1 aliphatic heterocycles. The van der Waals surface area contributed by atoms with Crippen LogP contribution >= 0.6 is 25.6 Å². The largest absolute Gasteiger partial charge is 0.459 e. The van der Waals surface area contributed by atoms with Gasteiger partial charge in [-0.2, -0.15) is 17.9 Å². The molecule has 0 fully saturated rings. The standard InChI is InChI=1S/C11H13F3N3O2P3.C2H6/c1-2-18-9-15-22-16-10(21-17-20-9)19-8-5-3-4-7(6-8)11(12,13)14;1-2/h3-6,9-10,20H,2H2,1H3,(H,15,16);1-2H3. The minimum Gasteiger partial charge on any atom is -0.459 e. The second-order valence-corrected chi connectivity index (χ2v) is 6.94. The van der Waals surface area contributed by atoms with Gasteiger partial charge in [0.25, 0.3) is 5.97 Å². The molecule has 0 saturated carbocycles. The number of ether oxygens (including phenoxy) is 2. The van der Waals surface area contributed by atoms with Crippen molar-refractivity contribution in [3.8, 4) is 5.75 Å². The molecule has 11 heteroatoms. The van der Waals surface area contributed by atoms with E-state index in [0.29, 0.717) is 23.5 Å². The van der Waals surface area contributed by atoms with Gasteiger partial charge in [0.15, 0.2) is 5.97 Å². The summed E-state index contributed by atoms with van der Waals surface area (Å²) >= 11 is 0. The van der Waals surface area contributed by atoms with E-state index in [2.05, 4.69) is 14.3 Å². The van der Waals surface area contributed by atoms with Crippen molar-refractivity contribution in [1.29, 1.82) is 0 Å². The molecule has 0 amide bonds. The first-order chi connectivity index (χ1) is 11.5. The molecule has 0 saturated heterocycles. The highest BCUT2D eigenvalue weighted by Gasteiger charge is 2.30. The Labute approximate surface area is 144 Å². The molecule has 3 unspecified atom stereocenters. The van der Waals surface area contributed by atoms with Crippen LogP contribution < -0.4 is 9.82 Å². The second-order valence-electron chi connectivity index (χ2n) is 3.99. The van der Waals surface area contributed by atoms with Gasteiger partial charge in [0.1, 0.15) is 5.75 Å². The third kappa shape index (κ3) is 7.50. The van der Waals surface area contributed by atoms with Gasteiger partial charge in [0.2, 0.25) is 0 Å². The van der Waals surface area contributed by atoms with E-state index in [1.165, 1.54) is 12.1 Å². The lowest BCUT2D eigenvalue weighted by Crippen LogP contribution is -2.19. The molecule has 0 aliphatic carbocycles. The first-order valence-electron chi connectivity index (χ1n) is 7.25. The minimum atomic E-state index is -4.40. The van der Waals surface area contributed by atoms with Crippen LogP contribution in [0.15, 0.2) is 33.5 Å². The monoisotopic (exact) mass is 399 g/mol. The maximum Gasteiger partial charge on any atom is 0.416 e. The number of nitrogens with one attached hydrogen (secondary N) is 1. The summed E-state index contributed by atoms with van der Waals surface area (Å²) in [5.41, 5.74) is -0.751. The van der Waals surface area contributed by atoms with Crippen LogP contribution in [-0.4, -0.2) is 18.5 Å². The third-order valence-corrected chi connectivity index (χ3v) is 5.39. The number of halogens is 3. The van der Waals surface area contributed by atoms with Gasteiger partial charge in [-0.25, -0.2) is 9.60 Å². The van der Waals surface area contributed by atoms with Crippen molar-refractivity contribution in [3.63, 3.8) is 0 Å². The first-order valence-corrected chi connectivity index (χ1v) is 10.0. The molecule has 1 heterocycles. The zero-order valence-electron chi connectivity index (χ0n) is 13.4. The molecule has 0 spiro atoms. The van der Waals surface area contributed by atoms with Gasteiger partial charge in [-0.1, -0.05) is 19.9 Å². The summed E-state index contributed by atoms with van der Waals surface area (Å²) in [6.07, 6.45) is -4.40. The number of rotatable bonds is 4. The SMILES string of the molecule is CC.CCOC1NP=NC(Oc2cccc(C(F)(F)F)c2)P=NP1. The summed E-state index contributed by atoms with van der Waals surface area (Å²) in [7, 11) is 1.27. The Bertz CT molecular complexity index is 543. The Morgan fingerprint density at radius 3 is 2.75 bits per heavy atom. The Kier molecular flexibility index (Phi) is 9.87. The molecule has 0 radical (unpaired) electrons. The predicted octanol–water partition coefficient (Wildman–Crippen LogP) is 6.09. The maximum atomic E-state index is 12.7. The molecule has 0 bridgehead atoms. The second kappa shape index (κ2) is 11.1. The number of hydrogen-bond acceptors (Lipinski definition) is 5. The van der Waals surface area contributed by atoms with E-state index in [0.717, 1.165) is 12.1 Å². The molecular weight excluding hydrogens is 380 g/mol. The summed E-state index contributed by atoms with van der Waals surface area (Å²) in [4.78, 5) is 0. The van der Waals surface area contributed by atoms with E-state index < -0.39 is 17.7 Å². The molecule has 5 nitrogen and oxygen atoms in total. The van der Waals surface area contributed by atoms with E-state index in [9.17, 15) is 13.2 Å². The Hall–Kier alpha value is -0.640.